The molecule has 2 amide bonds. The van der Waals surface area contributed by atoms with Gasteiger partial charge in [-0.15, -0.1) is 0 Å². The SMILES string of the molecule is COc1cc(C=CC(=O)N2CCN(C(=O)C=Cc3ccc(OCCOc4cc5c(cc4OC)CN4CCC[C@H]4C=N5)c(CO)c3)CC2)ccc1OCCOc1cc2c(cc1CO)CN1CCC[C@H]1C=N2. The molecule has 16 heteroatoms. The Morgan fingerprint density at radius 2 is 1.03 bits per heavy atom. The molecule has 2 atom stereocenters. The van der Waals surface area contributed by atoms with E-state index in [4.69, 9.17) is 38.4 Å². The lowest BCUT2D eigenvalue weighted by atomic mass is 10.1. The van der Waals surface area contributed by atoms with E-state index in [1.165, 1.54) is 25.0 Å². The van der Waals surface area contributed by atoms with Crippen molar-refractivity contribution in [1.82, 2.24) is 19.6 Å². The summed E-state index contributed by atoms with van der Waals surface area (Å²) in [5.41, 5.74) is 6.76. The fourth-order valence-electron chi connectivity index (χ4n) is 9.66. The van der Waals surface area contributed by atoms with Gasteiger partial charge >= 0.3 is 0 Å². The van der Waals surface area contributed by atoms with Gasteiger partial charge in [0.15, 0.2) is 23.0 Å². The van der Waals surface area contributed by atoms with Crippen molar-refractivity contribution in [3.63, 3.8) is 0 Å². The molecule has 5 heterocycles. The third-order valence-electron chi connectivity index (χ3n) is 13.5. The van der Waals surface area contributed by atoms with Gasteiger partial charge in [0.25, 0.3) is 0 Å². The molecule has 9 rings (SSSR count). The van der Waals surface area contributed by atoms with Gasteiger partial charge in [-0.1, -0.05) is 12.1 Å². The zero-order chi connectivity index (χ0) is 48.4. The van der Waals surface area contributed by atoms with Crippen LogP contribution in [0.5, 0.6) is 34.5 Å². The molecule has 0 saturated carbocycles. The number of nitrogens with zero attached hydrogens (tertiary/aromatic N) is 6. The second-order valence-corrected chi connectivity index (χ2v) is 17.9. The minimum absolute atomic E-state index is 0.138. The summed E-state index contributed by atoms with van der Waals surface area (Å²) < 4.78 is 35.4. The Morgan fingerprint density at radius 3 is 1.60 bits per heavy atom. The van der Waals surface area contributed by atoms with Gasteiger partial charge in [-0.3, -0.25) is 29.4 Å². The lowest BCUT2D eigenvalue weighted by molar-refractivity contribution is -0.133. The van der Waals surface area contributed by atoms with Crippen LogP contribution in [-0.2, 0) is 35.9 Å². The number of methoxy groups -OCH3 is 2. The lowest BCUT2D eigenvalue weighted by Crippen LogP contribution is -2.49. The fraction of sp³-hybridized carbons (Fsp3) is 0.407. The van der Waals surface area contributed by atoms with E-state index >= 15 is 0 Å². The van der Waals surface area contributed by atoms with E-state index in [9.17, 15) is 19.8 Å². The van der Waals surface area contributed by atoms with Gasteiger partial charge in [-0.25, -0.2) is 0 Å². The van der Waals surface area contributed by atoms with Crippen LogP contribution in [-0.4, -0.2) is 146 Å². The quantitative estimate of drug-likeness (QED) is 0.0838. The number of benzene rings is 4. The minimum atomic E-state index is -0.241. The van der Waals surface area contributed by atoms with Crippen LogP contribution < -0.4 is 28.4 Å². The third-order valence-corrected chi connectivity index (χ3v) is 13.5. The van der Waals surface area contributed by atoms with Crippen molar-refractivity contribution >= 4 is 47.8 Å². The van der Waals surface area contributed by atoms with Crippen molar-refractivity contribution in [3.05, 3.63) is 106 Å². The van der Waals surface area contributed by atoms with Crippen LogP contribution in [0.1, 0.15) is 59.1 Å². The first-order valence-electron chi connectivity index (χ1n) is 24.2. The lowest BCUT2D eigenvalue weighted by Gasteiger charge is -2.33. The third kappa shape index (κ3) is 11.5. The highest BCUT2D eigenvalue weighted by atomic mass is 16.5. The number of carbonyl (C=O) groups excluding carboxylic acids is 2. The van der Waals surface area contributed by atoms with Gasteiger partial charge in [0.05, 0.1) is 38.8 Å². The molecule has 0 radical (unpaired) electrons. The molecule has 368 valence electrons. The average Bonchev–Trinajstić information content (AvgIpc) is 3.96. The number of carbonyl (C=O) groups is 2. The Morgan fingerprint density at radius 1 is 0.557 bits per heavy atom. The number of fused-ring (bicyclic) bond motifs is 4. The summed E-state index contributed by atoms with van der Waals surface area (Å²) in [6, 6.07) is 19.4. The molecule has 0 spiro atoms. The Kier molecular flexibility index (Phi) is 15.7. The van der Waals surface area contributed by atoms with E-state index in [0.29, 0.717) is 78.3 Å². The highest BCUT2D eigenvalue weighted by Crippen LogP contribution is 2.39. The summed E-state index contributed by atoms with van der Waals surface area (Å²) in [4.78, 5) is 44.2. The van der Waals surface area contributed by atoms with Crippen LogP contribution in [0.2, 0.25) is 0 Å². The minimum Gasteiger partial charge on any atom is -0.493 e. The van der Waals surface area contributed by atoms with Gasteiger partial charge in [-0.05, 0) is 110 Å². The number of aliphatic hydroxyl groups excluding tert-OH is 2. The normalized spacial score (nSPS) is 18.8. The molecule has 3 saturated heterocycles. The maximum absolute atomic E-state index is 13.2. The second-order valence-electron chi connectivity index (χ2n) is 17.9. The molecular weight excluding hydrogens is 893 g/mol. The molecule has 5 aliphatic rings. The molecule has 0 aliphatic carbocycles. The van der Waals surface area contributed by atoms with Crippen LogP contribution in [0.4, 0.5) is 11.4 Å². The standard InChI is InChI=1S/C54H62N6O10/c1-65-50-26-38(8-12-48(50)68-22-23-69-49-29-45-39(27-42(49)36-62)33-59-15-3-5-43(59)31-55-45)10-14-54(64)58-19-17-57(18-20-58)53(63)13-9-37-7-11-47(41(25-37)35-61)67-21-24-70-52-30-46-40(28-51(52)66-2)34-60-16-4-6-44(60)32-56-46/h7-14,25-32,43-44,61-62H,3-6,15-24,33-36H2,1-2H3/t43-,44-/m0/s1. The first kappa shape index (κ1) is 48.3. The summed E-state index contributed by atoms with van der Waals surface area (Å²) in [6.07, 6.45) is 15.1. The molecular formula is C54H62N6O10. The Labute approximate surface area is 409 Å². The summed E-state index contributed by atoms with van der Waals surface area (Å²) in [5.74, 6) is 3.09. The maximum Gasteiger partial charge on any atom is 0.246 e. The van der Waals surface area contributed by atoms with Gasteiger partial charge in [0.2, 0.25) is 11.8 Å². The first-order valence-corrected chi connectivity index (χ1v) is 24.2. The maximum atomic E-state index is 13.2. The van der Waals surface area contributed by atoms with Crippen LogP contribution in [0, 0.1) is 0 Å². The van der Waals surface area contributed by atoms with Crippen molar-refractivity contribution < 1.29 is 48.2 Å². The zero-order valence-corrected chi connectivity index (χ0v) is 40.0. The summed E-state index contributed by atoms with van der Waals surface area (Å²) >= 11 is 0. The molecule has 3 fully saturated rings. The summed E-state index contributed by atoms with van der Waals surface area (Å²) in [6.45, 7) is 5.94. The van der Waals surface area contributed by atoms with E-state index in [2.05, 4.69) is 9.80 Å². The molecule has 70 heavy (non-hydrogen) atoms. The van der Waals surface area contributed by atoms with Crippen molar-refractivity contribution in [2.75, 3.05) is 79.9 Å². The molecule has 16 nitrogen and oxygen atoms in total. The van der Waals surface area contributed by atoms with Crippen molar-refractivity contribution in [3.8, 4) is 34.5 Å². The van der Waals surface area contributed by atoms with Crippen LogP contribution in [0.3, 0.4) is 0 Å². The number of hydrogen-bond acceptors (Lipinski definition) is 14. The van der Waals surface area contributed by atoms with Gasteiger partial charge < -0.3 is 48.4 Å². The largest absolute Gasteiger partial charge is 0.493 e. The van der Waals surface area contributed by atoms with E-state index in [0.717, 1.165) is 78.2 Å². The molecule has 4 aromatic rings. The van der Waals surface area contributed by atoms with Crippen molar-refractivity contribution in [2.45, 2.75) is 64.1 Å². The van der Waals surface area contributed by atoms with Gasteiger partial charge in [0.1, 0.15) is 37.9 Å². The Balaban J connectivity index is 0.702. The highest BCUT2D eigenvalue weighted by Gasteiger charge is 2.29. The molecule has 0 unspecified atom stereocenters. The zero-order valence-electron chi connectivity index (χ0n) is 40.0. The number of aliphatic imine (C=N–C) groups is 2. The Hall–Kier alpha value is -6.72. The topological polar surface area (TPSA) is 168 Å². The smallest absolute Gasteiger partial charge is 0.246 e. The van der Waals surface area contributed by atoms with Crippen molar-refractivity contribution in [2.24, 2.45) is 9.98 Å². The Bertz CT molecular complexity index is 2460. The summed E-state index contributed by atoms with van der Waals surface area (Å²) in [5, 5.41) is 20.2. The molecule has 5 aliphatic heterocycles. The van der Waals surface area contributed by atoms with E-state index in [1.54, 1.807) is 60.4 Å². The predicted molar refractivity (Wildman–Crippen MR) is 267 cm³/mol. The van der Waals surface area contributed by atoms with E-state index < -0.39 is 0 Å². The van der Waals surface area contributed by atoms with Crippen LogP contribution >= 0.6 is 0 Å². The number of piperazine rings is 1. The number of hydrogen-bond donors (Lipinski definition) is 2. The van der Waals surface area contributed by atoms with Crippen LogP contribution in [0.15, 0.2) is 82.8 Å². The fourth-order valence-corrected chi connectivity index (χ4v) is 9.66. The number of ether oxygens (including phenoxy) is 6. The molecule has 2 N–H and O–H groups in total. The molecule has 0 bridgehead atoms. The highest BCUT2D eigenvalue weighted by molar-refractivity contribution is 5.93. The van der Waals surface area contributed by atoms with Crippen LogP contribution in [0.25, 0.3) is 12.2 Å². The van der Waals surface area contributed by atoms with Crippen molar-refractivity contribution in [1.29, 1.82) is 0 Å². The number of amides is 2. The predicted octanol–water partition coefficient (Wildman–Crippen LogP) is 6.36. The van der Waals surface area contributed by atoms with Gasteiger partial charge in [-0.2, -0.15) is 0 Å². The van der Waals surface area contributed by atoms with Gasteiger partial charge in [0, 0.05) is 99.2 Å². The monoisotopic (exact) mass is 954 g/mol. The summed E-state index contributed by atoms with van der Waals surface area (Å²) in [7, 11) is 3.19. The molecule has 0 aromatic heterocycles. The second kappa shape index (κ2) is 22.8. The number of rotatable bonds is 18. The van der Waals surface area contributed by atoms with E-state index in [-0.39, 0.29) is 51.5 Å². The number of aliphatic hydroxyl groups is 2. The average molecular weight is 955 g/mol. The molecule has 4 aromatic carbocycles. The van der Waals surface area contributed by atoms with E-state index in [1.807, 2.05) is 48.8 Å². The first-order chi connectivity index (χ1) is 34.3.